The van der Waals surface area contributed by atoms with Crippen LogP contribution >= 0.6 is 0 Å². The molecule has 0 radical (unpaired) electrons. The molecule has 0 aliphatic carbocycles. The Kier molecular flexibility index (Phi) is 6.87. The molecule has 0 amide bonds. The summed E-state index contributed by atoms with van der Waals surface area (Å²) in [6.45, 7) is 4.46. The predicted molar refractivity (Wildman–Crippen MR) is 52.7 cm³/mol. The molecule has 2 heteroatoms. The molecule has 1 N–H and O–H groups in total. The lowest BCUT2D eigenvalue weighted by Crippen LogP contribution is -2.12. The number of aliphatic hydroxyl groups is 1. The maximum atomic E-state index is 8.79. The van der Waals surface area contributed by atoms with Gasteiger partial charge in [0.2, 0.25) is 0 Å². The van der Waals surface area contributed by atoms with Crippen LogP contribution < -0.4 is 0 Å². The lowest BCUT2D eigenvalue weighted by atomic mass is 10.1. The molecule has 0 spiro atoms. The molecule has 72 valence electrons. The van der Waals surface area contributed by atoms with Gasteiger partial charge in [-0.15, -0.1) is 0 Å². The van der Waals surface area contributed by atoms with Gasteiger partial charge in [-0.05, 0) is 19.3 Å². The molecule has 0 aromatic rings. The molecule has 0 bridgehead atoms. The van der Waals surface area contributed by atoms with Crippen LogP contribution in [-0.2, 0) is 0 Å². The van der Waals surface area contributed by atoms with Crippen LogP contribution in [0.15, 0.2) is 11.8 Å². The highest BCUT2D eigenvalue weighted by molar-refractivity contribution is 4.99. The first-order valence-corrected chi connectivity index (χ1v) is 4.75. The zero-order valence-corrected chi connectivity index (χ0v) is 8.51. The Bertz CT molecular complexity index is 132. The van der Waals surface area contributed by atoms with E-state index in [2.05, 4.69) is 20.0 Å². The SMILES string of the molecule is CCCC/C(=C\N(C)CO)CC. The Morgan fingerprint density at radius 2 is 2.08 bits per heavy atom. The van der Waals surface area contributed by atoms with Crippen molar-refractivity contribution in [2.75, 3.05) is 13.8 Å². The van der Waals surface area contributed by atoms with Gasteiger partial charge in [-0.1, -0.05) is 25.8 Å². The molecule has 0 saturated carbocycles. The highest BCUT2D eigenvalue weighted by Crippen LogP contribution is 2.11. The quantitative estimate of drug-likeness (QED) is 0.620. The van der Waals surface area contributed by atoms with E-state index in [4.69, 9.17) is 5.11 Å². The Balaban J connectivity index is 3.85. The average Bonchev–Trinajstić information content (AvgIpc) is 2.11. The van der Waals surface area contributed by atoms with Gasteiger partial charge >= 0.3 is 0 Å². The zero-order valence-electron chi connectivity index (χ0n) is 8.51. The normalized spacial score (nSPS) is 11.8. The van der Waals surface area contributed by atoms with Gasteiger partial charge in [0.1, 0.15) is 6.73 Å². The van der Waals surface area contributed by atoms with E-state index < -0.39 is 0 Å². The molecule has 0 atom stereocenters. The van der Waals surface area contributed by atoms with Gasteiger partial charge < -0.3 is 10.0 Å². The van der Waals surface area contributed by atoms with Gasteiger partial charge in [-0.3, -0.25) is 0 Å². The first-order valence-electron chi connectivity index (χ1n) is 4.75. The van der Waals surface area contributed by atoms with Crippen molar-refractivity contribution in [1.29, 1.82) is 0 Å². The summed E-state index contributed by atoms with van der Waals surface area (Å²) in [5.41, 5.74) is 1.42. The van der Waals surface area contributed by atoms with Crippen molar-refractivity contribution in [2.45, 2.75) is 39.5 Å². The number of aliphatic hydroxyl groups excluding tert-OH is 1. The molecule has 0 aliphatic heterocycles. The van der Waals surface area contributed by atoms with Crippen LogP contribution in [0.3, 0.4) is 0 Å². The fraction of sp³-hybridized carbons (Fsp3) is 0.800. The summed E-state index contributed by atoms with van der Waals surface area (Å²) in [6.07, 6.45) is 6.79. The molecule has 0 aliphatic rings. The molecule has 0 saturated heterocycles. The van der Waals surface area contributed by atoms with Crippen LogP contribution in [-0.4, -0.2) is 23.8 Å². The van der Waals surface area contributed by atoms with Gasteiger partial charge in [0.25, 0.3) is 0 Å². The number of unbranched alkanes of at least 4 members (excludes halogenated alkanes) is 1. The van der Waals surface area contributed by atoms with Crippen LogP contribution in [0.4, 0.5) is 0 Å². The van der Waals surface area contributed by atoms with Crippen molar-refractivity contribution in [3.05, 3.63) is 11.8 Å². The number of nitrogens with zero attached hydrogens (tertiary/aromatic N) is 1. The number of allylic oxidation sites excluding steroid dienone is 1. The largest absolute Gasteiger partial charge is 0.376 e. The van der Waals surface area contributed by atoms with Gasteiger partial charge in [0.15, 0.2) is 0 Å². The van der Waals surface area contributed by atoms with Crippen LogP contribution in [0.5, 0.6) is 0 Å². The molecule has 0 rings (SSSR count). The maximum absolute atomic E-state index is 8.79. The monoisotopic (exact) mass is 171 g/mol. The molecule has 0 heterocycles. The lowest BCUT2D eigenvalue weighted by molar-refractivity contribution is 0.173. The van der Waals surface area contributed by atoms with Crippen molar-refractivity contribution in [3.8, 4) is 0 Å². The van der Waals surface area contributed by atoms with E-state index in [-0.39, 0.29) is 6.73 Å². The van der Waals surface area contributed by atoms with E-state index in [1.165, 1.54) is 18.4 Å². The minimum atomic E-state index is 0.107. The minimum absolute atomic E-state index is 0.107. The minimum Gasteiger partial charge on any atom is -0.376 e. The van der Waals surface area contributed by atoms with E-state index in [0.29, 0.717) is 0 Å². The summed E-state index contributed by atoms with van der Waals surface area (Å²) in [4.78, 5) is 1.81. The summed E-state index contributed by atoms with van der Waals surface area (Å²) in [7, 11) is 1.89. The van der Waals surface area contributed by atoms with Gasteiger partial charge in [-0.25, -0.2) is 0 Å². The van der Waals surface area contributed by atoms with E-state index in [1.54, 1.807) is 0 Å². The Morgan fingerprint density at radius 1 is 1.42 bits per heavy atom. The molecule has 12 heavy (non-hydrogen) atoms. The summed E-state index contributed by atoms with van der Waals surface area (Å²) < 4.78 is 0. The standard InChI is InChI=1S/C10H21NO/c1-4-6-7-10(5-2)8-11(3)9-12/h8,12H,4-7,9H2,1-3H3/b10-8-. The highest BCUT2D eigenvalue weighted by Gasteiger charge is 1.95. The average molecular weight is 171 g/mol. The van der Waals surface area contributed by atoms with E-state index >= 15 is 0 Å². The lowest BCUT2D eigenvalue weighted by Gasteiger charge is -2.12. The second-order valence-electron chi connectivity index (χ2n) is 3.14. The number of hydrogen-bond donors (Lipinski definition) is 1. The smallest absolute Gasteiger partial charge is 0.115 e. The van der Waals surface area contributed by atoms with E-state index in [9.17, 15) is 0 Å². The Labute approximate surface area is 75.9 Å². The zero-order chi connectivity index (χ0) is 9.40. The second kappa shape index (κ2) is 7.17. The van der Waals surface area contributed by atoms with Crippen molar-refractivity contribution < 1.29 is 5.11 Å². The fourth-order valence-electron chi connectivity index (χ4n) is 1.09. The molecular weight excluding hydrogens is 150 g/mol. The summed E-state index contributed by atoms with van der Waals surface area (Å²) >= 11 is 0. The predicted octanol–water partition coefficient (Wildman–Crippen LogP) is 2.35. The highest BCUT2D eigenvalue weighted by atomic mass is 16.3. The molecule has 0 fully saturated rings. The number of rotatable bonds is 6. The van der Waals surface area contributed by atoms with Crippen LogP contribution in [0.25, 0.3) is 0 Å². The van der Waals surface area contributed by atoms with E-state index in [0.717, 1.165) is 12.8 Å². The Hall–Kier alpha value is -0.500. The van der Waals surface area contributed by atoms with Gasteiger partial charge in [0.05, 0.1) is 0 Å². The van der Waals surface area contributed by atoms with Crippen LogP contribution in [0.2, 0.25) is 0 Å². The molecule has 0 aromatic heterocycles. The molecule has 0 aromatic carbocycles. The van der Waals surface area contributed by atoms with Crippen LogP contribution in [0, 0.1) is 0 Å². The van der Waals surface area contributed by atoms with Gasteiger partial charge in [-0.2, -0.15) is 0 Å². The van der Waals surface area contributed by atoms with Crippen molar-refractivity contribution >= 4 is 0 Å². The Morgan fingerprint density at radius 3 is 2.50 bits per heavy atom. The third-order valence-corrected chi connectivity index (χ3v) is 1.93. The second-order valence-corrected chi connectivity index (χ2v) is 3.14. The molecular formula is C10H21NO. The maximum Gasteiger partial charge on any atom is 0.115 e. The first-order chi connectivity index (χ1) is 5.74. The summed E-state index contributed by atoms with van der Waals surface area (Å²) in [5.74, 6) is 0. The topological polar surface area (TPSA) is 23.5 Å². The first kappa shape index (κ1) is 11.5. The molecule has 0 unspecified atom stereocenters. The van der Waals surface area contributed by atoms with Crippen molar-refractivity contribution in [1.82, 2.24) is 4.90 Å². The van der Waals surface area contributed by atoms with Gasteiger partial charge in [0, 0.05) is 13.2 Å². The summed E-state index contributed by atoms with van der Waals surface area (Å²) in [5, 5.41) is 8.79. The van der Waals surface area contributed by atoms with E-state index in [1.807, 2.05) is 11.9 Å². The third kappa shape index (κ3) is 5.19. The third-order valence-electron chi connectivity index (χ3n) is 1.93. The van der Waals surface area contributed by atoms with Crippen molar-refractivity contribution in [2.24, 2.45) is 0 Å². The van der Waals surface area contributed by atoms with Crippen LogP contribution in [0.1, 0.15) is 39.5 Å². The number of hydrogen-bond acceptors (Lipinski definition) is 2. The molecule has 2 nitrogen and oxygen atoms in total. The fourth-order valence-corrected chi connectivity index (χ4v) is 1.09. The van der Waals surface area contributed by atoms with Crippen molar-refractivity contribution in [3.63, 3.8) is 0 Å². The summed E-state index contributed by atoms with van der Waals surface area (Å²) in [6, 6.07) is 0.